The van der Waals surface area contributed by atoms with E-state index in [0.717, 1.165) is 10.0 Å². The van der Waals surface area contributed by atoms with Gasteiger partial charge in [-0.2, -0.15) is 0 Å². The molecule has 1 aromatic heterocycles. The number of nitrogen functional groups attached to an aromatic ring is 1. The van der Waals surface area contributed by atoms with Crippen molar-refractivity contribution in [3.63, 3.8) is 0 Å². The minimum atomic E-state index is -0.331. The van der Waals surface area contributed by atoms with Gasteiger partial charge in [-0.05, 0) is 40.5 Å². The summed E-state index contributed by atoms with van der Waals surface area (Å²) >= 11 is 3.38. The van der Waals surface area contributed by atoms with Gasteiger partial charge in [-0.25, -0.2) is 15.8 Å². The molecule has 1 amide bonds. The Hall–Kier alpha value is -1.99. The van der Waals surface area contributed by atoms with Gasteiger partial charge >= 0.3 is 0 Å². The standard InChI is InChI=1S/C12H12BrN5O/c1-7-2-3-8(13)9(4-7)17-12(19)10-5-16-11(18-14)6-15-10/h2-6H,14H2,1H3,(H,16,18)(H,17,19). The van der Waals surface area contributed by atoms with E-state index in [0.29, 0.717) is 11.5 Å². The number of hydrogen-bond donors (Lipinski definition) is 3. The summed E-state index contributed by atoms with van der Waals surface area (Å²) in [7, 11) is 0. The lowest BCUT2D eigenvalue weighted by molar-refractivity contribution is 0.102. The van der Waals surface area contributed by atoms with E-state index in [4.69, 9.17) is 5.84 Å². The summed E-state index contributed by atoms with van der Waals surface area (Å²) in [4.78, 5) is 19.9. The first kappa shape index (κ1) is 13.4. The molecule has 0 aliphatic rings. The minimum absolute atomic E-state index is 0.215. The number of aryl methyl sites for hydroxylation is 1. The Labute approximate surface area is 118 Å². The number of rotatable bonds is 3. The van der Waals surface area contributed by atoms with Crippen molar-refractivity contribution in [2.75, 3.05) is 10.7 Å². The average molecular weight is 322 g/mol. The van der Waals surface area contributed by atoms with Gasteiger partial charge in [-0.1, -0.05) is 6.07 Å². The van der Waals surface area contributed by atoms with Crippen molar-refractivity contribution in [1.29, 1.82) is 0 Å². The molecule has 0 atom stereocenters. The van der Waals surface area contributed by atoms with Gasteiger partial charge in [-0.15, -0.1) is 0 Å². The average Bonchev–Trinajstić information content (AvgIpc) is 2.43. The van der Waals surface area contributed by atoms with Crippen LogP contribution in [-0.2, 0) is 0 Å². The molecular weight excluding hydrogens is 310 g/mol. The van der Waals surface area contributed by atoms with Crippen LogP contribution in [0.3, 0.4) is 0 Å². The zero-order valence-electron chi connectivity index (χ0n) is 10.1. The third-order valence-corrected chi connectivity index (χ3v) is 3.09. The highest BCUT2D eigenvalue weighted by atomic mass is 79.9. The molecule has 0 spiro atoms. The van der Waals surface area contributed by atoms with Crippen molar-refractivity contribution >= 4 is 33.3 Å². The molecule has 0 saturated carbocycles. The number of nitrogens with two attached hydrogens (primary N) is 1. The van der Waals surface area contributed by atoms with Gasteiger partial charge in [0.1, 0.15) is 5.69 Å². The zero-order valence-corrected chi connectivity index (χ0v) is 11.7. The first-order valence-electron chi connectivity index (χ1n) is 5.46. The maximum Gasteiger partial charge on any atom is 0.275 e. The van der Waals surface area contributed by atoms with Gasteiger partial charge in [0.15, 0.2) is 5.82 Å². The Kier molecular flexibility index (Phi) is 4.08. The summed E-state index contributed by atoms with van der Waals surface area (Å²) in [5, 5.41) is 2.76. The third-order valence-electron chi connectivity index (χ3n) is 2.40. The molecule has 0 aliphatic heterocycles. The van der Waals surface area contributed by atoms with E-state index < -0.39 is 0 Å². The normalized spacial score (nSPS) is 10.1. The molecule has 0 radical (unpaired) electrons. The Morgan fingerprint density at radius 2 is 2.11 bits per heavy atom. The molecule has 6 nitrogen and oxygen atoms in total. The molecule has 0 fully saturated rings. The molecule has 4 N–H and O–H groups in total. The monoisotopic (exact) mass is 321 g/mol. The van der Waals surface area contributed by atoms with E-state index in [9.17, 15) is 4.79 Å². The minimum Gasteiger partial charge on any atom is -0.320 e. The summed E-state index contributed by atoms with van der Waals surface area (Å²) in [5.74, 6) is 5.24. The SMILES string of the molecule is Cc1ccc(Br)c(NC(=O)c2cnc(NN)cn2)c1. The van der Waals surface area contributed by atoms with Crippen LogP contribution in [0.2, 0.25) is 0 Å². The lowest BCUT2D eigenvalue weighted by atomic mass is 10.2. The predicted molar refractivity (Wildman–Crippen MR) is 76.7 cm³/mol. The fourth-order valence-corrected chi connectivity index (χ4v) is 1.79. The first-order valence-corrected chi connectivity index (χ1v) is 6.25. The highest BCUT2D eigenvalue weighted by Gasteiger charge is 2.10. The number of nitrogens with one attached hydrogen (secondary N) is 2. The van der Waals surface area contributed by atoms with Crippen molar-refractivity contribution in [2.45, 2.75) is 6.92 Å². The summed E-state index contributed by atoms with van der Waals surface area (Å²) in [6, 6.07) is 5.69. The van der Waals surface area contributed by atoms with E-state index in [1.807, 2.05) is 25.1 Å². The first-order chi connectivity index (χ1) is 9.10. The van der Waals surface area contributed by atoms with Gasteiger partial charge in [0, 0.05) is 4.47 Å². The number of hydrogen-bond acceptors (Lipinski definition) is 5. The fourth-order valence-electron chi connectivity index (χ4n) is 1.44. The van der Waals surface area contributed by atoms with Gasteiger partial charge in [0.05, 0.1) is 18.1 Å². The Balaban J connectivity index is 2.18. The van der Waals surface area contributed by atoms with Gasteiger partial charge in [0.25, 0.3) is 5.91 Å². The summed E-state index contributed by atoms with van der Waals surface area (Å²) in [6.07, 6.45) is 2.74. The van der Waals surface area contributed by atoms with Crippen LogP contribution in [0.4, 0.5) is 11.5 Å². The Morgan fingerprint density at radius 3 is 2.74 bits per heavy atom. The molecule has 98 valence electrons. The smallest absolute Gasteiger partial charge is 0.275 e. The van der Waals surface area contributed by atoms with E-state index in [1.165, 1.54) is 12.4 Å². The number of nitrogens with zero attached hydrogens (tertiary/aromatic N) is 2. The largest absolute Gasteiger partial charge is 0.320 e. The highest BCUT2D eigenvalue weighted by molar-refractivity contribution is 9.10. The third kappa shape index (κ3) is 3.27. The lowest BCUT2D eigenvalue weighted by Gasteiger charge is -2.08. The van der Waals surface area contributed by atoms with Crippen LogP contribution < -0.4 is 16.6 Å². The molecule has 0 unspecified atom stereocenters. The number of carbonyl (C=O) groups excluding carboxylic acids is 1. The molecule has 2 aromatic rings. The van der Waals surface area contributed by atoms with Crippen molar-refractivity contribution in [1.82, 2.24) is 9.97 Å². The van der Waals surface area contributed by atoms with Gasteiger partial charge < -0.3 is 10.7 Å². The van der Waals surface area contributed by atoms with E-state index >= 15 is 0 Å². The summed E-state index contributed by atoms with van der Waals surface area (Å²) < 4.78 is 0.805. The number of halogens is 1. The second-order valence-corrected chi connectivity index (χ2v) is 4.72. The van der Waals surface area contributed by atoms with Crippen LogP contribution in [0, 0.1) is 6.92 Å². The summed E-state index contributed by atoms with van der Waals surface area (Å²) in [5.41, 5.74) is 4.30. The molecule has 0 bridgehead atoms. The van der Waals surface area contributed by atoms with Crippen LogP contribution in [0.5, 0.6) is 0 Å². The molecular formula is C12H12BrN5O. The number of anilines is 2. The Bertz CT molecular complexity index is 600. The molecule has 1 heterocycles. The quantitative estimate of drug-likeness (QED) is 0.594. The topological polar surface area (TPSA) is 92.9 Å². The van der Waals surface area contributed by atoms with Crippen LogP contribution >= 0.6 is 15.9 Å². The van der Waals surface area contributed by atoms with Gasteiger partial charge in [0.2, 0.25) is 0 Å². The fraction of sp³-hybridized carbons (Fsp3) is 0.0833. The summed E-state index contributed by atoms with van der Waals surface area (Å²) in [6.45, 7) is 1.95. The van der Waals surface area contributed by atoms with Crippen molar-refractivity contribution in [2.24, 2.45) is 5.84 Å². The molecule has 19 heavy (non-hydrogen) atoms. The van der Waals surface area contributed by atoms with E-state index in [-0.39, 0.29) is 11.6 Å². The number of benzene rings is 1. The molecule has 0 aliphatic carbocycles. The zero-order chi connectivity index (χ0) is 13.8. The number of amides is 1. The van der Waals surface area contributed by atoms with Crippen molar-refractivity contribution < 1.29 is 4.79 Å². The molecule has 2 rings (SSSR count). The van der Waals surface area contributed by atoms with Crippen LogP contribution in [0.1, 0.15) is 16.1 Å². The van der Waals surface area contributed by atoms with Crippen LogP contribution in [0.15, 0.2) is 35.1 Å². The van der Waals surface area contributed by atoms with E-state index in [1.54, 1.807) is 0 Å². The van der Waals surface area contributed by atoms with Crippen LogP contribution in [-0.4, -0.2) is 15.9 Å². The second kappa shape index (κ2) is 5.77. The molecule has 0 saturated heterocycles. The van der Waals surface area contributed by atoms with Crippen molar-refractivity contribution in [3.8, 4) is 0 Å². The number of hydrazine groups is 1. The highest BCUT2D eigenvalue weighted by Crippen LogP contribution is 2.23. The van der Waals surface area contributed by atoms with Crippen molar-refractivity contribution in [3.05, 3.63) is 46.3 Å². The predicted octanol–water partition coefficient (Wildman–Crippen LogP) is 2.09. The number of aromatic nitrogens is 2. The molecule has 1 aromatic carbocycles. The number of carbonyl (C=O) groups is 1. The second-order valence-electron chi connectivity index (χ2n) is 3.87. The maximum atomic E-state index is 12.0. The maximum absolute atomic E-state index is 12.0. The van der Waals surface area contributed by atoms with Crippen LogP contribution in [0.25, 0.3) is 0 Å². The van der Waals surface area contributed by atoms with Gasteiger partial charge in [-0.3, -0.25) is 4.79 Å². The lowest BCUT2D eigenvalue weighted by Crippen LogP contribution is -2.16. The van der Waals surface area contributed by atoms with E-state index in [2.05, 4.69) is 36.6 Å². The Morgan fingerprint density at radius 1 is 1.32 bits per heavy atom. The molecule has 7 heteroatoms.